The first-order chi connectivity index (χ1) is 7.48. The second-order valence-corrected chi connectivity index (χ2v) is 6.01. The number of aryl methyl sites for hydroxylation is 2. The van der Waals surface area contributed by atoms with Gasteiger partial charge in [0.2, 0.25) is 0 Å². The molecule has 1 aromatic rings. The minimum Gasteiger partial charge on any atom is -0.0619 e. The molecule has 0 aliphatic heterocycles. The lowest BCUT2D eigenvalue weighted by Crippen LogP contribution is -2.35. The van der Waals surface area contributed by atoms with E-state index in [1.807, 2.05) is 0 Å². The third kappa shape index (κ3) is 1.50. The van der Waals surface area contributed by atoms with Gasteiger partial charge in [0.15, 0.2) is 0 Å². The normalized spacial score (nSPS) is 18.2. The van der Waals surface area contributed by atoms with Crippen LogP contribution >= 0.6 is 0 Å². The quantitative estimate of drug-likeness (QED) is 0.683. The Hall–Kier alpha value is -0.780. The standard InChI is InChI=1S/C16H24/c1-11(2)16(12(3)4)9-8-14-7-6-13(5)10-15(14)16/h6-7,10-12H,8-9H2,1-5H3. The highest BCUT2D eigenvalue weighted by molar-refractivity contribution is 5.42. The third-order valence-corrected chi connectivity index (χ3v) is 4.64. The van der Waals surface area contributed by atoms with Crippen molar-refractivity contribution in [3.8, 4) is 0 Å². The molecule has 88 valence electrons. The zero-order chi connectivity index (χ0) is 11.9. The highest BCUT2D eigenvalue weighted by Crippen LogP contribution is 2.49. The summed E-state index contributed by atoms with van der Waals surface area (Å²) in [6.07, 6.45) is 2.60. The van der Waals surface area contributed by atoms with Gasteiger partial charge in [0.1, 0.15) is 0 Å². The predicted octanol–water partition coefficient (Wildman–Crippen LogP) is 4.49. The van der Waals surface area contributed by atoms with E-state index in [4.69, 9.17) is 0 Å². The summed E-state index contributed by atoms with van der Waals surface area (Å²) in [6.45, 7) is 11.8. The molecule has 16 heavy (non-hydrogen) atoms. The van der Waals surface area contributed by atoms with E-state index in [1.165, 1.54) is 18.4 Å². The van der Waals surface area contributed by atoms with Crippen LogP contribution in [0.3, 0.4) is 0 Å². The zero-order valence-electron chi connectivity index (χ0n) is 11.3. The monoisotopic (exact) mass is 216 g/mol. The van der Waals surface area contributed by atoms with Gasteiger partial charge >= 0.3 is 0 Å². The number of hydrogen-bond acceptors (Lipinski definition) is 0. The van der Waals surface area contributed by atoms with Crippen molar-refractivity contribution in [1.82, 2.24) is 0 Å². The molecular weight excluding hydrogens is 192 g/mol. The Kier molecular flexibility index (Phi) is 2.86. The summed E-state index contributed by atoms with van der Waals surface area (Å²) in [6, 6.07) is 7.04. The summed E-state index contributed by atoms with van der Waals surface area (Å²) in [5, 5.41) is 0. The molecule has 0 nitrogen and oxygen atoms in total. The van der Waals surface area contributed by atoms with Gasteiger partial charge in [-0.05, 0) is 42.7 Å². The topological polar surface area (TPSA) is 0 Å². The SMILES string of the molecule is Cc1ccc2c(c1)C(C(C)C)(C(C)C)CC2. The Labute approximate surface area is 100 Å². The second-order valence-electron chi connectivity index (χ2n) is 6.01. The van der Waals surface area contributed by atoms with E-state index in [9.17, 15) is 0 Å². The Bertz CT molecular complexity index is 377. The molecule has 0 fully saturated rings. The van der Waals surface area contributed by atoms with E-state index in [0.29, 0.717) is 5.41 Å². The molecule has 2 rings (SSSR count). The molecule has 0 saturated carbocycles. The minimum absolute atomic E-state index is 0.418. The zero-order valence-corrected chi connectivity index (χ0v) is 11.3. The highest BCUT2D eigenvalue weighted by atomic mass is 14.5. The molecule has 1 aliphatic carbocycles. The van der Waals surface area contributed by atoms with E-state index in [0.717, 1.165) is 11.8 Å². The minimum atomic E-state index is 0.418. The van der Waals surface area contributed by atoms with Gasteiger partial charge in [0.05, 0.1) is 0 Å². The highest BCUT2D eigenvalue weighted by Gasteiger charge is 2.43. The molecule has 0 heterocycles. The Balaban J connectivity index is 2.58. The van der Waals surface area contributed by atoms with Crippen LogP contribution in [0.15, 0.2) is 18.2 Å². The van der Waals surface area contributed by atoms with Crippen molar-refractivity contribution in [1.29, 1.82) is 0 Å². The molecule has 0 spiro atoms. The van der Waals surface area contributed by atoms with Gasteiger partial charge in [0, 0.05) is 5.41 Å². The average Bonchev–Trinajstić information content (AvgIpc) is 2.57. The van der Waals surface area contributed by atoms with Crippen LogP contribution in [0, 0.1) is 18.8 Å². The maximum absolute atomic E-state index is 2.43. The molecule has 0 heteroatoms. The van der Waals surface area contributed by atoms with Gasteiger partial charge in [0.25, 0.3) is 0 Å². The van der Waals surface area contributed by atoms with Crippen LogP contribution in [-0.4, -0.2) is 0 Å². The summed E-state index contributed by atoms with van der Waals surface area (Å²) in [7, 11) is 0. The van der Waals surface area contributed by atoms with Crippen LogP contribution < -0.4 is 0 Å². The average molecular weight is 216 g/mol. The lowest BCUT2D eigenvalue weighted by molar-refractivity contribution is 0.218. The largest absolute Gasteiger partial charge is 0.0619 e. The van der Waals surface area contributed by atoms with Crippen molar-refractivity contribution >= 4 is 0 Å². The maximum Gasteiger partial charge on any atom is 0.000493 e. The molecule has 0 bridgehead atoms. The van der Waals surface area contributed by atoms with Gasteiger partial charge in [-0.15, -0.1) is 0 Å². The third-order valence-electron chi connectivity index (χ3n) is 4.64. The molecule has 1 aromatic carbocycles. The fourth-order valence-electron chi connectivity index (χ4n) is 3.68. The summed E-state index contributed by atoms with van der Waals surface area (Å²) in [5.74, 6) is 1.46. The maximum atomic E-state index is 2.43. The van der Waals surface area contributed by atoms with Crippen molar-refractivity contribution in [2.75, 3.05) is 0 Å². The van der Waals surface area contributed by atoms with Crippen LogP contribution in [0.25, 0.3) is 0 Å². The number of hydrogen-bond donors (Lipinski definition) is 0. The van der Waals surface area contributed by atoms with E-state index in [-0.39, 0.29) is 0 Å². The van der Waals surface area contributed by atoms with Crippen molar-refractivity contribution < 1.29 is 0 Å². The lowest BCUT2D eigenvalue weighted by atomic mass is 9.65. The van der Waals surface area contributed by atoms with E-state index in [2.05, 4.69) is 52.8 Å². The summed E-state index contributed by atoms with van der Waals surface area (Å²) < 4.78 is 0. The molecule has 0 aromatic heterocycles. The van der Waals surface area contributed by atoms with Gasteiger partial charge in [-0.25, -0.2) is 0 Å². The summed E-state index contributed by atoms with van der Waals surface area (Å²) in [5.41, 5.74) is 5.05. The molecule has 0 atom stereocenters. The molecule has 0 amide bonds. The molecule has 1 aliphatic rings. The molecule has 0 unspecified atom stereocenters. The Morgan fingerprint density at radius 2 is 1.69 bits per heavy atom. The first kappa shape index (κ1) is 11.7. The van der Waals surface area contributed by atoms with Crippen LogP contribution in [-0.2, 0) is 11.8 Å². The van der Waals surface area contributed by atoms with Crippen molar-refractivity contribution in [2.45, 2.75) is 52.9 Å². The van der Waals surface area contributed by atoms with Gasteiger partial charge in [-0.3, -0.25) is 0 Å². The Morgan fingerprint density at radius 3 is 2.25 bits per heavy atom. The van der Waals surface area contributed by atoms with Crippen LogP contribution in [0.1, 0.15) is 50.8 Å². The van der Waals surface area contributed by atoms with E-state index < -0.39 is 0 Å². The van der Waals surface area contributed by atoms with Crippen LogP contribution in [0.2, 0.25) is 0 Å². The molecule has 0 saturated heterocycles. The predicted molar refractivity (Wildman–Crippen MR) is 70.9 cm³/mol. The first-order valence-electron chi connectivity index (χ1n) is 6.58. The Morgan fingerprint density at radius 1 is 1.06 bits per heavy atom. The number of benzene rings is 1. The summed E-state index contributed by atoms with van der Waals surface area (Å²) in [4.78, 5) is 0. The molecular formula is C16H24. The van der Waals surface area contributed by atoms with Gasteiger partial charge in [-0.2, -0.15) is 0 Å². The van der Waals surface area contributed by atoms with Crippen molar-refractivity contribution in [3.63, 3.8) is 0 Å². The van der Waals surface area contributed by atoms with E-state index in [1.54, 1.807) is 11.1 Å². The molecule has 0 N–H and O–H groups in total. The first-order valence-corrected chi connectivity index (χ1v) is 6.58. The lowest BCUT2D eigenvalue weighted by Gasteiger charge is -2.39. The van der Waals surface area contributed by atoms with Crippen LogP contribution in [0.5, 0.6) is 0 Å². The smallest absolute Gasteiger partial charge is 0.000493 e. The van der Waals surface area contributed by atoms with Crippen molar-refractivity contribution in [2.24, 2.45) is 11.8 Å². The van der Waals surface area contributed by atoms with Crippen LogP contribution in [0.4, 0.5) is 0 Å². The van der Waals surface area contributed by atoms with Gasteiger partial charge < -0.3 is 0 Å². The van der Waals surface area contributed by atoms with Crippen molar-refractivity contribution in [3.05, 3.63) is 34.9 Å². The number of rotatable bonds is 2. The molecule has 0 radical (unpaired) electrons. The second kappa shape index (κ2) is 3.91. The fraction of sp³-hybridized carbons (Fsp3) is 0.625. The number of fused-ring (bicyclic) bond motifs is 1. The fourth-order valence-corrected chi connectivity index (χ4v) is 3.68. The summed E-state index contributed by atoms with van der Waals surface area (Å²) >= 11 is 0. The van der Waals surface area contributed by atoms with Gasteiger partial charge in [-0.1, -0.05) is 51.5 Å². The van der Waals surface area contributed by atoms with E-state index >= 15 is 0 Å².